The zero-order valence-electron chi connectivity index (χ0n) is 14.8. The molecule has 0 aromatic carbocycles. The Labute approximate surface area is 158 Å². The van der Waals surface area contributed by atoms with Gasteiger partial charge < -0.3 is 5.32 Å². The molecule has 0 fully saturated rings. The molecule has 1 aromatic rings. The van der Waals surface area contributed by atoms with Gasteiger partial charge >= 0.3 is 11.9 Å². The fourth-order valence-electron chi connectivity index (χ4n) is 2.67. The van der Waals surface area contributed by atoms with Gasteiger partial charge in [0.25, 0.3) is 5.84 Å². The highest BCUT2D eigenvalue weighted by atomic mass is 32.2. The summed E-state index contributed by atoms with van der Waals surface area (Å²) in [5.74, 6) is -0.667. The van der Waals surface area contributed by atoms with Crippen LogP contribution in [0.15, 0.2) is 20.9 Å². The zero-order chi connectivity index (χ0) is 19.0. The lowest BCUT2D eigenvalue weighted by Crippen LogP contribution is -2.52. The smallest absolute Gasteiger partial charge is 0.301 e. The predicted molar refractivity (Wildman–Crippen MR) is 102 cm³/mol. The number of aromatic nitrogens is 1. The molecule has 0 saturated heterocycles. The Hall–Kier alpha value is -2.33. The number of dihydropyridines is 1. The first-order valence-corrected chi connectivity index (χ1v) is 9.68. The number of aliphatic imine (C=N–C) groups is 1. The molecule has 3 heterocycles. The fraction of sp³-hybridized carbons (Fsp3) is 0.375. The Bertz CT molecular complexity index is 899. The van der Waals surface area contributed by atoms with Crippen LogP contribution in [0, 0.1) is 12.8 Å². The minimum absolute atomic E-state index is 0.136. The molecule has 4 amide bonds. The highest BCUT2D eigenvalue weighted by molar-refractivity contribution is 8.03. The third-order valence-corrected chi connectivity index (χ3v) is 6.17. The van der Waals surface area contributed by atoms with Gasteiger partial charge in [0.1, 0.15) is 6.21 Å². The number of carbonyl (C=O) groups excluding carboxylic acids is 3. The van der Waals surface area contributed by atoms with Crippen LogP contribution in [0.5, 0.6) is 0 Å². The molecular weight excluding hydrogens is 374 g/mol. The van der Waals surface area contributed by atoms with E-state index >= 15 is 0 Å². The number of nitrogens with zero attached hydrogens (tertiary/aromatic N) is 4. The molecule has 136 valence electrons. The third kappa shape index (κ3) is 3.34. The van der Waals surface area contributed by atoms with Gasteiger partial charge in [-0.25, -0.2) is 9.78 Å². The summed E-state index contributed by atoms with van der Waals surface area (Å²) in [4.78, 5) is 47.2. The number of imide groups is 1. The van der Waals surface area contributed by atoms with Gasteiger partial charge in [-0.2, -0.15) is 9.48 Å². The largest absolute Gasteiger partial charge is 0.445 e. The Kier molecular flexibility index (Phi) is 5.05. The van der Waals surface area contributed by atoms with Crippen LogP contribution in [0.3, 0.4) is 0 Å². The predicted octanol–water partition coefficient (Wildman–Crippen LogP) is 1.73. The van der Waals surface area contributed by atoms with Crippen LogP contribution in [0.25, 0.3) is 0 Å². The van der Waals surface area contributed by atoms with Gasteiger partial charge in [-0.05, 0) is 19.4 Å². The van der Waals surface area contributed by atoms with Crippen LogP contribution in [-0.2, 0) is 9.59 Å². The molecule has 26 heavy (non-hydrogen) atoms. The molecule has 0 aliphatic carbocycles. The Balaban J connectivity index is 1.78. The Morgan fingerprint density at radius 1 is 1.42 bits per heavy atom. The van der Waals surface area contributed by atoms with Crippen molar-refractivity contribution in [1.29, 1.82) is 0 Å². The van der Waals surface area contributed by atoms with Crippen molar-refractivity contribution in [1.82, 2.24) is 9.88 Å². The molecule has 0 spiro atoms. The molecule has 1 unspecified atom stereocenters. The number of rotatable bonds is 4. The topological polar surface area (TPSA) is 94.7 Å². The lowest BCUT2D eigenvalue weighted by molar-refractivity contribution is -0.407. The standard InChI is InChI=1S/C16H17N5O3S2/c1-8-5-17-13-11(14(23)21(4)16(24)20(13)3)12(8)25-7-10(22)19-15-18-9(2)6-26-15/h5-6,11H,7H2,1-4H3/p+1. The molecule has 2 aliphatic heterocycles. The number of hydrogen-bond acceptors (Lipinski definition) is 7. The minimum atomic E-state index is -0.660. The van der Waals surface area contributed by atoms with Gasteiger partial charge in [0.05, 0.1) is 25.5 Å². The Morgan fingerprint density at radius 2 is 2.15 bits per heavy atom. The van der Waals surface area contributed by atoms with E-state index in [1.54, 1.807) is 13.3 Å². The SMILES string of the molecule is CC1=C(SCC(=O)Nc2nc(C)cs2)C2C(=O)N(C)C(=O)[N+](C)=C2N=C1. The fourth-order valence-corrected chi connectivity index (χ4v) is 4.38. The Morgan fingerprint density at radius 3 is 2.81 bits per heavy atom. The van der Waals surface area contributed by atoms with Crippen LogP contribution in [0.2, 0.25) is 0 Å². The molecule has 8 nitrogen and oxygen atoms in total. The first-order valence-electron chi connectivity index (χ1n) is 7.81. The number of amidine groups is 1. The summed E-state index contributed by atoms with van der Waals surface area (Å²) in [6.45, 7) is 3.70. The summed E-state index contributed by atoms with van der Waals surface area (Å²) in [5.41, 5.74) is 1.66. The quantitative estimate of drug-likeness (QED) is 0.788. The van der Waals surface area contributed by atoms with Crippen molar-refractivity contribution in [3.05, 3.63) is 21.6 Å². The lowest BCUT2D eigenvalue weighted by Gasteiger charge is -2.27. The van der Waals surface area contributed by atoms with Gasteiger partial charge in [0.2, 0.25) is 5.91 Å². The van der Waals surface area contributed by atoms with Crippen LogP contribution in [-0.4, -0.2) is 64.2 Å². The first-order chi connectivity index (χ1) is 12.3. The van der Waals surface area contributed by atoms with E-state index < -0.39 is 11.9 Å². The van der Waals surface area contributed by atoms with Crippen molar-refractivity contribution >= 4 is 58.1 Å². The van der Waals surface area contributed by atoms with Crippen LogP contribution in [0.1, 0.15) is 12.6 Å². The van der Waals surface area contributed by atoms with E-state index in [0.717, 1.165) is 21.1 Å². The second kappa shape index (κ2) is 7.12. The second-order valence-electron chi connectivity index (χ2n) is 5.97. The van der Waals surface area contributed by atoms with E-state index in [9.17, 15) is 14.4 Å². The van der Waals surface area contributed by atoms with Gasteiger partial charge in [-0.3, -0.25) is 9.59 Å². The number of allylic oxidation sites excluding steroid dienone is 1. The van der Waals surface area contributed by atoms with Crippen molar-refractivity contribution in [2.75, 3.05) is 25.2 Å². The maximum atomic E-state index is 12.6. The number of urea groups is 1. The van der Waals surface area contributed by atoms with E-state index in [1.165, 1.54) is 34.7 Å². The molecule has 2 aliphatic rings. The van der Waals surface area contributed by atoms with Crippen LogP contribution < -0.4 is 5.32 Å². The molecule has 0 bridgehead atoms. The number of hydrogen-bond donors (Lipinski definition) is 1. The van der Waals surface area contributed by atoms with E-state index in [2.05, 4.69) is 15.3 Å². The number of fused-ring (bicyclic) bond motifs is 1. The van der Waals surface area contributed by atoms with Crippen molar-refractivity contribution in [3.63, 3.8) is 0 Å². The molecule has 1 aromatic heterocycles. The van der Waals surface area contributed by atoms with Crippen LogP contribution in [0.4, 0.5) is 9.93 Å². The van der Waals surface area contributed by atoms with Gasteiger partial charge in [0.15, 0.2) is 11.0 Å². The average Bonchev–Trinajstić information content (AvgIpc) is 3.01. The minimum Gasteiger partial charge on any atom is -0.301 e. The number of thiazole rings is 1. The van der Waals surface area contributed by atoms with Gasteiger partial charge in [-0.1, -0.05) is 0 Å². The van der Waals surface area contributed by atoms with Crippen molar-refractivity contribution in [2.24, 2.45) is 10.9 Å². The molecule has 1 atom stereocenters. The molecule has 0 radical (unpaired) electrons. The van der Waals surface area contributed by atoms with E-state index in [1.807, 2.05) is 19.2 Å². The van der Waals surface area contributed by atoms with E-state index in [4.69, 9.17) is 0 Å². The van der Waals surface area contributed by atoms with Crippen molar-refractivity contribution < 1.29 is 19.0 Å². The molecular formula is C16H18N5O3S2+. The summed E-state index contributed by atoms with van der Waals surface area (Å²) in [6, 6.07) is -0.417. The monoisotopic (exact) mass is 392 g/mol. The van der Waals surface area contributed by atoms with Crippen LogP contribution >= 0.6 is 23.1 Å². The molecule has 1 N–H and O–H groups in total. The summed E-state index contributed by atoms with van der Waals surface area (Å²) >= 11 is 2.65. The maximum absolute atomic E-state index is 12.6. The summed E-state index contributed by atoms with van der Waals surface area (Å²) in [6.07, 6.45) is 1.62. The van der Waals surface area contributed by atoms with Crippen molar-refractivity contribution in [3.8, 4) is 0 Å². The second-order valence-corrected chi connectivity index (χ2v) is 7.84. The third-order valence-electron chi connectivity index (χ3n) is 4.02. The summed E-state index contributed by atoms with van der Waals surface area (Å²) in [7, 11) is 3.04. The van der Waals surface area contributed by atoms with Gasteiger partial charge in [-0.15, -0.1) is 28.1 Å². The van der Waals surface area contributed by atoms with Crippen molar-refractivity contribution in [2.45, 2.75) is 13.8 Å². The highest BCUT2D eigenvalue weighted by Gasteiger charge is 2.47. The number of carbonyl (C=O) groups is 3. The van der Waals surface area contributed by atoms with E-state index in [-0.39, 0.29) is 17.6 Å². The van der Waals surface area contributed by atoms with E-state index in [0.29, 0.717) is 11.0 Å². The zero-order valence-corrected chi connectivity index (χ0v) is 16.4. The maximum Gasteiger partial charge on any atom is 0.445 e. The number of thioether (sulfide) groups is 1. The lowest BCUT2D eigenvalue weighted by atomic mass is 9.99. The summed E-state index contributed by atoms with van der Waals surface area (Å²) in [5, 5.41) is 5.16. The number of aryl methyl sites for hydroxylation is 1. The number of nitrogens with one attached hydrogen (secondary N) is 1. The average molecular weight is 392 g/mol. The number of anilines is 1. The van der Waals surface area contributed by atoms with Gasteiger partial charge in [0, 0.05) is 10.3 Å². The highest BCUT2D eigenvalue weighted by Crippen LogP contribution is 2.34. The normalized spacial score (nSPS) is 20.0. The summed E-state index contributed by atoms with van der Waals surface area (Å²) < 4.78 is 1.37. The number of amides is 4. The first kappa shape index (κ1) is 18.5. The molecule has 0 saturated carbocycles. The molecule has 3 rings (SSSR count). The molecule has 10 heteroatoms.